The van der Waals surface area contributed by atoms with Crippen LogP contribution in [0.5, 0.6) is 0 Å². The fourth-order valence-electron chi connectivity index (χ4n) is 2.12. The van der Waals surface area contributed by atoms with Crippen LogP contribution >= 0.6 is 23.1 Å². The van der Waals surface area contributed by atoms with Crippen molar-refractivity contribution in [2.75, 3.05) is 11.1 Å². The minimum Gasteiger partial charge on any atom is -0.301 e. The highest BCUT2D eigenvalue weighted by molar-refractivity contribution is 7.99. The highest BCUT2D eigenvalue weighted by atomic mass is 32.2. The molecule has 0 radical (unpaired) electrons. The molecule has 2 aromatic heterocycles. The van der Waals surface area contributed by atoms with Gasteiger partial charge in [-0.1, -0.05) is 30.0 Å². The summed E-state index contributed by atoms with van der Waals surface area (Å²) >= 11 is 2.84. The molecule has 0 aliphatic heterocycles. The number of rotatable bonds is 5. The summed E-state index contributed by atoms with van der Waals surface area (Å²) in [6, 6.07) is 9.86. The molecule has 0 aliphatic carbocycles. The van der Waals surface area contributed by atoms with Crippen molar-refractivity contribution in [2.45, 2.75) is 25.9 Å². The number of carbonyl (C=O) groups is 1. The zero-order chi connectivity index (χ0) is 17.1. The molecule has 0 fully saturated rings. The fourth-order valence-corrected chi connectivity index (χ4v) is 3.75. The van der Waals surface area contributed by atoms with Crippen molar-refractivity contribution >= 4 is 34.1 Å². The van der Waals surface area contributed by atoms with Crippen molar-refractivity contribution in [2.24, 2.45) is 0 Å². The second-order valence-electron chi connectivity index (χ2n) is 5.20. The number of hydrogen-bond acceptors (Lipinski definition) is 6. The largest absolute Gasteiger partial charge is 0.301 e. The van der Waals surface area contributed by atoms with Crippen LogP contribution < -0.4 is 5.32 Å². The molecule has 0 bridgehead atoms. The Morgan fingerprint density at radius 3 is 2.62 bits per heavy atom. The molecule has 3 aromatic rings. The monoisotopic (exact) mass is 359 g/mol. The van der Waals surface area contributed by atoms with Gasteiger partial charge in [-0.2, -0.15) is 0 Å². The Morgan fingerprint density at radius 1 is 1.21 bits per heavy atom. The van der Waals surface area contributed by atoms with Gasteiger partial charge in [0.05, 0.1) is 11.4 Å². The number of nitrogens with zero attached hydrogens (tertiary/aromatic N) is 4. The SMILES string of the molecule is Cc1nc(NC(=O)CSc2nnc(C)n2-c2ccccc2)sc1C. The minimum absolute atomic E-state index is 0.103. The van der Waals surface area contributed by atoms with Crippen molar-refractivity contribution in [1.29, 1.82) is 0 Å². The van der Waals surface area contributed by atoms with E-state index in [0.717, 1.165) is 22.1 Å². The fraction of sp³-hybridized carbons (Fsp3) is 0.250. The number of hydrogen-bond donors (Lipinski definition) is 1. The van der Waals surface area contributed by atoms with Crippen LogP contribution in [0.1, 0.15) is 16.4 Å². The molecule has 0 unspecified atom stereocenters. The van der Waals surface area contributed by atoms with Crippen molar-refractivity contribution < 1.29 is 4.79 Å². The van der Waals surface area contributed by atoms with Crippen LogP contribution in [0.25, 0.3) is 5.69 Å². The number of benzene rings is 1. The minimum atomic E-state index is -0.103. The first-order chi connectivity index (χ1) is 11.5. The molecule has 124 valence electrons. The van der Waals surface area contributed by atoms with Gasteiger partial charge in [0.25, 0.3) is 0 Å². The Labute approximate surface area is 148 Å². The molecular formula is C16H17N5OS2. The first-order valence-corrected chi connectivity index (χ1v) is 9.19. The molecule has 0 saturated carbocycles. The highest BCUT2D eigenvalue weighted by Gasteiger charge is 2.14. The van der Waals surface area contributed by atoms with E-state index in [2.05, 4.69) is 20.5 Å². The zero-order valence-corrected chi connectivity index (χ0v) is 15.2. The van der Waals surface area contributed by atoms with Crippen LogP contribution in [0, 0.1) is 20.8 Å². The summed E-state index contributed by atoms with van der Waals surface area (Å²) in [6.07, 6.45) is 0. The average Bonchev–Trinajstić information content (AvgIpc) is 3.08. The smallest absolute Gasteiger partial charge is 0.236 e. The van der Waals surface area contributed by atoms with Gasteiger partial charge in [-0.05, 0) is 32.9 Å². The van der Waals surface area contributed by atoms with E-state index < -0.39 is 0 Å². The number of anilines is 1. The lowest BCUT2D eigenvalue weighted by Gasteiger charge is -2.07. The second-order valence-corrected chi connectivity index (χ2v) is 7.34. The van der Waals surface area contributed by atoms with E-state index in [1.54, 1.807) is 0 Å². The summed E-state index contributed by atoms with van der Waals surface area (Å²) in [6.45, 7) is 5.81. The molecule has 1 N–H and O–H groups in total. The summed E-state index contributed by atoms with van der Waals surface area (Å²) in [4.78, 5) is 17.6. The maximum Gasteiger partial charge on any atom is 0.236 e. The normalized spacial score (nSPS) is 10.8. The van der Waals surface area contributed by atoms with Crippen LogP contribution in [0.15, 0.2) is 35.5 Å². The quantitative estimate of drug-likeness (QED) is 0.707. The van der Waals surface area contributed by atoms with Gasteiger partial charge in [-0.25, -0.2) is 4.98 Å². The van der Waals surface area contributed by atoms with E-state index in [0.29, 0.717) is 10.3 Å². The lowest BCUT2D eigenvalue weighted by Crippen LogP contribution is -2.14. The Balaban J connectivity index is 1.68. The van der Waals surface area contributed by atoms with Gasteiger partial charge >= 0.3 is 0 Å². The molecule has 3 rings (SSSR count). The summed E-state index contributed by atoms with van der Waals surface area (Å²) in [5.41, 5.74) is 1.93. The highest BCUT2D eigenvalue weighted by Crippen LogP contribution is 2.23. The second kappa shape index (κ2) is 7.14. The molecule has 0 saturated heterocycles. The summed E-state index contributed by atoms with van der Waals surface area (Å²) in [5.74, 6) is 0.937. The first-order valence-electron chi connectivity index (χ1n) is 7.38. The van der Waals surface area contributed by atoms with E-state index >= 15 is 0 Å². The molecule has 1 amide bonds. The molecule has 1 aromatic carbocycles. The molecule has 2 heterocycles. The van der Waals surface area contributed by atoms with Crippen LogP contribution in [0.3, 0.4) is 0 Å². The molecular weight excluding hydrogens is 342 g/mol. The van der Waals surface area contributed by atoms with Gasteiger partial charge in [0.1, 0.15) is 5.82 Å². The molecule has 8 heteroatoms. The number of thioether (sulfide) groups is 1. The van der Waals surface area contributed by atoms with Crippen molar-refractivity contribution in [3.8, 4) is 5.69 Å². The number of amides is 1. The zero-order valence-electron chi connectivity index (χ0n) is 13.6. The first kappa shape index (κ1) is 16.7. The van der Waals surface area contributed by atoms with Crippen LogP contribution in [-0.2, 0) is 4.79 Å². The Morgan fingerprint density at radius 2 is 1.96 bits per heavy atom. The predicted molar refractivity (Wildman–Crippen MR) is 97.0 cm³/mol. The number of para-hydroxylation sites is 1. The van der Waals surface area contributed by atoms with E-state index in [4.69, 9.17) is 0 Å². The summed E-state index contributed by atoms with van der Waals surface area (Å²) < 4.78 is 1.94. The van der Waals surface area contributed by atoms with Crippen LogP contribution in [0.4, 0.5) is 5.13 Å². The number of carbonyl (C=O) groups excluding carboxylic acids is 1. The van der Waals surface area contributed by atoms with E-state index in [-0.39, 0.29) is 11.7 Å². The number of thiazole rings is 1. The number of aromatic nitrogens is 4. The van der Waals surface area contributed by atoms with E-state index in [1.165, 1.54) is 23.1 Å². The van der Waals surface area contributed by atoms with Crippen molar-refractivity contribution in [1.82, 2.24) is 19.7 Å². The van der Waals surface area contributed by atoms with Gasteiger partial charge in [0, 0.05) is 10.6 Å². The molecule has 0 spiro atoms. The Kier molecular flexibility index (Phi) is 4.96. The number of aryl methyl sites for hydroxylation is 3. The third kappa shape index (κ3) is 3.65. The van der Waals surface area contributed by atoms with Gasteiger partial charge in [-0.3, -0.25) is 9.36 Å². The lowest BCUT2D eigenvalue weighted by molar-refractivity contribution is -0.113. The molecule has 0 atom stereocenters. The third-order valence-electron chi connectivity index (χ3n) is 3.42. The van der Waals surface area contributed by atoms with Gasteiger partial charge in [0.2, 0.25) is 5.91 Å². The van der Waals surface area contributed by atoms with Crippen molar-refractivity contribution in [3.63, 3.8) is 0 Å². The van der Waals surface area contributed by atoms with Crippen molar-refractivity contribution in [3.05, 3.63) is 46.7 Å². The average molecular weight is 359 g/mol. The van der Waals surface area contributed by atoms with Gasteiger partial charge < -0.3 is 5.32 Å². The Bertz CT molecular complexity index is 837. The molecule has 0 aliphatic rings. The third-order valence-corrected chi connectivity index (χ3v) is 5.33. The number of nitrogens with one attached hydrogen (secondary N) is 1. The topological polar surface area (TPSA) is 72.7 Å². The van der Waals surface area contributed by atoms with Crippen LogP contribution in [0.2, 0.25) is 0 Å². The summed E-state index contributed by atoms with van der Waals surface area (Å²) in [7, 11) is 0. The maximum absolute atomic E-state index is 12.1. The van der Waals surface area contributed by atoms with E-state index in [1.807, 2.05) is 55.7 Å². The van der Waals surface area contributed by atoms with Gasteiger partial charge in [0.15, 0.2) is 10.3 Å². The lowest BCUT2D eigenvalue weighted by atomic mass is 10.3. The predicted octanol–water partition coefficient (Wildman–Crippen LogP) is 3.38. The van der Waals surface area contributed by atoms with E-state index in [9.17, 15) is 4.79 Å². The molecule has 24 heavy (non-hydrogen) atoms. The Hall–Kier alpha value is -2.19. The standard InChI is InChI=1S/C16H17N5OS2/c1-10-11(2)24-15(17-10)18-14(22)9-23-16-20-19-12(3)21(16)13-7-5-4-6-8-13/h4-8H,9H2,1-3H3,(H,17,18,22). The maximum atomic E-state index is 12.1. The van der Waals surface area contributed by atoms with Gasteiger partial charge in [-0.15, -0.1) is 21.5 Å². The van der Waals surface area contributed by atoms with Crippen LogP contribution in [-0.4, -0.2) is 31.4 Å². The summed E-state index contributed by atoms with van der Waals surface area (Å²) in [5, 5.41) is 12.5. The molecule has 6 nitrogen and oxygen atoms in total.